The quantitative estimate of drug-likeness (QED) is 0.456. The van der Waals surface area contributed by atoms with Crippen molar-refractivity contribution in [3.05, 3.63) is 88.7 Å². The van der Waals surface area contributed by atoms with Crippen molar-refractivity contribution in [2.24, 2.45) is 5.92 Å². The molecule has 212 valence electrons. The molecule has 0 saturated heterocycles. The summed E-state index contributed by atoms with van der Waals surface area (Å²) in [5.74, 6) is -1.59. The van der Waals surface area contributed by atoms with E-state index >= 15 is 0 Å². The van der Waals surface area contributed by atoms with Gasteiger partial charge in [-0.1, -0.05) is 60.9 Å². The number of hydrogen-bond donors (Lipinski definition) is 2. The zero-order valence-corrected chi connectivity index (χ0v) is 23.8. The lowest BCUT2D eigenvalue weighted by Gasteiger charge is -2.51. The van der Waals surface area contributed by atoms with E-state index in [-0.39, 0.29) is 24.3 Å². The molecular weight excluding hydrogens is 552 g/mol. The molecule has 11 heteroatoms. The second-order valence-electron chi connectivity index (χ2n) is 10.5. The Balaban J connectivity index is 1.54. The Morgan fingerprint density at radius 2 is 1.93 bits per heavy atom. The van der Waals surface area contributed by atoms with Crippen LogP contribution in [-0.2, 0) is 26.3 Å². The molecule has 2 N–H and O–H groups in total. The third-order valence-corrected chi connectivity index (χ3v) is 8.81. The van der Waals surface area contributed by atoms with Gasteiger partial charge in [0.1, 0.15) is 6.61 Å². The Bertz CT molecular complexity index is 1410. The van der Waals surface area contributed by atoms with E-state index in [1.165, 1.54) is 0 Å². The first-order chi connectivity index (χ1) is 19.2. The average molecular weight is 585 g/mol. The van der Waals surface area contributed by atoms with Crippen molar-refractivity contribution < 1.29 is 22.8 Å². The number of carbonyl (C=O) groups is 2. The molecule has 0 radical (unpaired) electrons. The maximum absolute atomic E-state index is 14.2. The molecule has 1 unspecified atom stereocenters. The molecule has 9 nitrogen and oxygen atoms in total. The number of fused-ring (bicyclic) bond motifs is 1. The summed E-state index contributed by atoms with van der Waals surface area (Å²) < 4.78 is 27.4. The third kappa shape index (κ3) is 6.30. The van der Waals surface area contributed by atoms with E-state index in [2.05, 4.69) is 15.2 Å². The van der Waals surface area contributed by atoms with Crippen LogP contribution in [-0.4, -0.2) is 54.5 Å². The lowest BCUT2D eigenvalue weighted by atomic mass is 9.73. The van der Waals surface area contributed by atoms with E-state index in [0.29, 0.717) is 41.1 Å². The van der Waals surface area contributed by atoms with Gasteiger partial charge in [0, 0.05) is 34.8 Å². The van der Waals surface area contributed by atoms with Crippen LogP contribution in [0.3, 0.4) is 0 Å². The summed E-state index contributed by atoms with van der Waals surface area (Å²) in [6.45, 7) is 0.0823. The Kier molecular flexibility index (Phi) is 8.70. The summed E-state index contributed by atoms with van der Waals surface area (Å²) in [5.41, 5.74) is 4.32. The summed E-state index contributed by atoms with van der Waals surface area (Å²) in [6.07, 6.45) is 11.8. The monoisotopic (exact) mass is 584 g/mol. The molecular formula is C29H33ClN4O5S. The fourth-order valence-electron chi connectivity index (χ4n) is 6.15. The minimum absolute atomic E-state index is 0.0823. The van der Waals surface area contributed by atoms with Gasteiger partial charge in [-0.15, -0.1) is 0 Å². The minimum Gasteiger partial charge on any atom is -0.329 e. The summed E-state index contributed by atoms with van der Waals surface area (Å²) in [7, 11) is -3.53. The number of benzene rings is 1. The zero-order chi connectivity index (χ0) is 28.3. The number of nitrogens with one attached hydrogen (secondary N) is 2. The number of hydrogen-bond acceptors (Lipinski definition) is 6. The highest BCUT2D eigenvalue weighted by molar-refractivity contribution is 7.88. The van der Waals surface area contributed by atoms with Crippen molar-refractivity contribution in [2.75, 3.05) is 6.26 Å². The standard InChI is InChI=1S/C29H33ClN4O5S/c1-40(37,38)33-24-11-4-5-12-25(24)34-27(19-13-15-20(30)16-14-19)26(22-9-2-3-10-23(22)29(34)36)28(35)32-39-18-21-8-6-7-17-31-21/h2-3,6-10,13,15-17,19,24-27,33H,4-5,11-12,14,18H2,1H3,(H,32,35)/t19?,24-,25-,26+,27-/m1/s1. The Labute approximate surface area is 239 Å². The molecule has 2 aliphatic carbocycles. The third-order valence-electron chi connectivity index (χ3n) is 7.80. The SMILES string of the molecule is CS(=O)(=O)N[C@@H]1CCCC[C@H]1N1C(=O)c2ccccc2[C@H](C(=O)NOCc2ccccn2)[C@H]1C1C=CC(Cl)=CC1. The number of hydroxylamine groups is 1. The number of sulfonamides is 1. The number of aromatic nitrogens is 1. The number of pyridine rings is 1. The lowest BCUT2D eigenvalue weighted by Crippen LogP contribution is -2.63. The second-order valence-corrected chi connectivity index (χ2v) is 12.8. The summed E-state index contributed by atoms with van der Waals surface area (Å²) in [6, 6.07) is 11.1. The van der Waals surface area contributed by atoms with Gasteiger partial charge in [-0.2, -0.15) is 0 Å². The van der Waals surface area contributed by atoms with E-state index in [1.807, 2.05) is 30.4 Å². The molecule has 2 heterocycles. The molecule has 1 aromatic carbocycles. The minimum atomic E-state index is -3.53. The highest BCUT2D eigenvalue weighted by Crippen LogP contribution is 2.43. The number of amides is 2. The van der Waals surface area contributed by atoms with Gasteiger partial charge in [0.2, 0.25) is 10.0 Å². The van der Waals surface area contributed by atoms with Crippen LogP contribution in [0.25, 0.3) is 0 Å². The van der Waals surface area contributed by atoms with Crippen molar-refractivity contribution in [3.8, 4) is 0 Å². The van der Waals surface area contributed by atoms with Crippen LogP contribution in [0.1, 0.15) is 59.6 Å². The molecule has 1 fully saturated rings. The Morgan fingerprint density at radius 1 is 1.15 bits per heavy atom. The van der Waals surface area contributed by atoms with Crippen molar-refractivity contribution >= 4 is 33.4 Å². The molecule has 5 rings (SSSR count). The molecule has 3 aliphatic rings. The van der Waals surface area contributed by atoms with Crippen LogP contribution < -0.4 is 10.2 Å². The van der Waals surface area contributed by atoms with Crippen LogP contribution in [0.5, 0.6) is 0 Å². The number of carbonyl (C=O) groups excluding carboxylic acids is 2. The first kappa shape index (κ1) is 28.5. The first-order valence-corrected chi connectivity index (χ1v) is 15.7. The zero-order valence-electron chi connectivity index (χ0n) is 22.2. The summed E-state index contributed by atoms with van der Waals surface area (Å²) in [4.78, 5) is 39.8. The molecule has 0 bridgehead atoms. The molecule has 2 aromatic rings. The molecule has 40 heavy (non-hydrogen) atoms. The maximum Gasteiger partial charge on any atom is 0.254 e. The normalized spacial score (nSPS) is 26.6. The number of allylic oxidation sites excluding steroid dienone is 3. The van der Waals surface area contributed by atoms with Gasteiger partial charge < -0.3 is 4.90 Å². The maximum atomic E-state index is 14.2. The number of rotatable bonds is 8. The summed E-state index contributed by atoms with van der Waals surface area (Å²) in [5, 5.41) is 0.597. The van der Waals surface area contributed by atoms with Crippen LogP contribution in [0.15, 0.2) is 71.9 Å². The Hall–Kier alpha value is -3.05. The lowest BCUT2D eigenvalue weighted by molar-refractivity contribution is -0.138. The topological polar surface area (TPSA) is 118 Å². The van der Waals surface area contributed by atoms with Crippen molar-refractivity contribution in [1.82, 2.24) is 20.1 Å². The molecule has 0 spiro atoms. The second kappa shape index (κ2) is 12.2. The largest absolute Gasteiger partial charge is 0.329 e. The van der Waals surface area contributed by atoms with Gasteiger partial charge in [-0.05, 0) is 49.1 Å². The molecule has 5 atom stereocenters. The summed E-state index contributed by atoms with van der Waals surface area (Å²) >= 11 is 6.25. The number of halogens is 1. The van der Waals surface area contributed by atoms with Gasteiger partial charge >= 0.3 is 0 Å². The smallest absolute Gasteiger partial charge is 0.254 e. The predicted octanol–water partition coefficient (Wildman–Crippen LogP) is 3.80. The van der Waals surface area contributed by atoms with E-state index < -0.39 is 34.1 Å². The molecule has 1 aromatic heterocycles. The first-order valence-electron chi connectivity index (χ1n) is 13.5. The Morgan fingerprint density at radius 3 is 2.65 bits per heavy atom. The van der Waals surface area contributed by atoms with Gasteiger partial charge in [0.15, 0.2) is 0 Å². The van der Waals surface area contributed by atoms with Gasteiger partial charge in [0.05, 0.1) is 23.9 Å². The van der Waals surface area contributed by atoms with E-state index in [4.69, 9.17) is 16.4 Å². The van der Waals surface area contributed by atoms with Gasteiger partial charge in [-0.25, -0.2) is 18.6 Å². The van der Waals surface area contributed by atoms with Crippen molar-refractivity contribution in [2.45, 2.75) is 62.8 Å². The van der Waals surface area contributed by atoms with Crippen molar-refractivity contribution in [3.63, 3.8) is 0 Å². The van der Waals surface area contributed by atoms with E-state index in [1.54, 1.807) is 41.4 Å². The fraction of sp³-hybridized carbons (Fsp3) is 0.414. The predicted molar refractivity (Wildman–Crippen MR) is 152 cm³/mol. The van der Waals surface area contributed by atoms with Crippen LogP contribution in [0.2, 0.25) is 0 Å². The van der Waals surface area contributed by atoms with Crippen LogP contribution in [0.4, 0.5) is 0 Å². The van der Waals surface area contributed by atoms with Gasteiger partial charge in [-0.3, -0.25) is 19.4 Å². The van der Waals surface area contributed by atoms with Crippen LogP contribution >= 0.6 is 11.6 Å². The van der Waals surface area contributed by atoms with E-state index in [0.717, 1.165) is 19.1 Å². The van der Waals surface area contributed by atoms with Crippen molar-refractivity contribution in [1.29, 1.82) is 0 Å². The highest BCUT2D eigenvalue weighted by atomic mass is 35.5. The molecule has 2 amide bonds. The highest BCUT2D eigenvalue weighted by Gasteiger charge is 2.50. The average Bonchev–Trinajstić information content (AvgIpc) is 2.94. The number of nitrogens with zero attached hydrogens (tertiary/aromatic N) is 2. The molecule has 1 saturated carbocycles. The fourth-order valence-corrected chi connectivity index (χ4v) is 7.14. The van der Waals surface area contributed by atoms with Crippen LogP contribution in [0, 0.1) is 5.92 Å². The van der Waals surface area contributed by atoms with Gasteiger partial charge in [0.25, 0.3) is 11.8 Å². The molecule has 1 aliphatic heterocycles. The van der Waals surface area contributed by atoms with E-state index in [9.17, 15) is 18.0 Å².